The molecule has 5 heteroatoms. The summed E-state index contributed by atoms with van der Waals surface area (Å²) < 4.78 is 14.5. The van der Waals surface area contributed by atoms with Gasteiger partial charge < -0.3 is 5.32 Å². The number of nitrogens with one attached hydrogen (secondary N) is 1. The third-order valence-corrected chi connectivity index (χ3v) is 5.60. The highest BCUT2D eigenvalue weighted by atomic mass is 79.9. The number of thioether (sulfide) groups is 1. The number of halogens is 2. The minimum atomic E-state index is -0.481. The van der Waals surface area contributed by atoms with Crippen LogP contribution in [0.15, 0.2) is 22.7 Å². The van der Waals surface area contributed by atoms with Crippen molar-refractivity contribution in [2.75, 3.05) is 12.8 Å². The van der Waals surface area contributed by atoms with Gasteiger partial charge in [0, 0.05) is 15.8 Å². The minimum absolute atomic E-state index is 0.101. The van der Waals surface area contributed by atoms with Crippen molar-refractivity contribution in [2.45, 2.75) is 30.4 Å². The molecule has 1 saturated carbocycles. The molecule has 1 aromatic rings. The highest BCUT2D eigenvalue weighted by Crippen LogP contribution is 2.39. The molecule has 2 rings (SSSR count). The number of carbonyl (C=O) groups excluding carboxylic acids is 1. The molecule has 0 bridgehead atoms. The first-order chi connectivity index (χ1) is 9.06. The molecule has 0 spiro atoms. The maximum atomic E-state index is 13.6. The summed E-state index contributed by atoms with van der Waals surface area (Å²) >= 11 is 5.06. The quantitative estimate of drug-likeness (QED) is 0.893. The van der Waals surface area contributed by atoms with Crippen LogP contribution in [0.4, 0.5) is 4.39 Å². The molecule has 0 heterocycles. The molecule has 1 aliphatic carbocycles. The summed E-state index contributed by atoms with van der Waals surface area (Å²) in [7, 11) is 0. The molecule has 0 aromatic heterocycles. The fraction of sp³-hybridized carbons (Fsp3) is 0.500. The number of hydrogen-bond donors (Lipinski definition) is 1. The van der Waals surface area contributed by atoms with E-state index in [1.165, 1.54) is 25.0 Å². The lowest BCUT2D eigenvalue weighted by Crippen LogP contribution is -2.38. The van der Waals surface area contributed by atoms with E-state index in [9.17, 15) is 9.18 Å². The second-order valence-electron chi connectivity index (χ2n) is 4.90. The van der Waals surface area contributed by atoms with E-state index in [0.29, 0.717) is 11.0 Å². The Kier molecular flexibility index (Phi) is 4.90. The lowest BCUT2D eigenvalue weighted by Gasteiger charge is -2.26. The van der Waals surface area contributed by atoms with Crippen LogP contribution in [0, 0.1) is 5.82 Å². The third-order valence-electron chi connectivity index (χ3n) is 3.69. The maximum Gasteiger partial charge on any atom is 0.254 e. The Labute approximate surface area is 125 Å². The van der Waals surface area contributed by atoms with Gasteiger partial charge >= 0.3 is 0 Å². The van der Waals surface area contributed by atoms with Crippen LogP contribution in [0.1, 0.15) is 36.0 Å². The first-order valence-electron chi connectivity index (χ1n) is 6.35. The van der Waals surface area contributed by atoms with Crippen LogP contribution in [0.5, 0.6) is 0 Å². The Morgan fingerprint density at radius 3 is 2.79 bits per heavy atom. The Morgan fingerprint density at radius 2 is 2.16 bits per heavy atom. The van der Waals surface area contributed by atoms with E-state index in [1.54, 1.807) is 17.8 Å². The molecule has 1 aromatic carbocycles. The zero-order valence-electron chi connectivity index (χ0n) is 10.8. The van der Waals surface area contributed by atoms with Crippen molar-refractivity contribution in [1.82, 2.24) is 5.32 Å². The number of amides is 1. The summed E-state index contributed by atoms with van der Waals surface area (Å²) in [4.78, 5) is 12.1. The van der Waals surface area contributed by atoms with Crippen LogP contribution < -0.4 is 5.32 Å². The van der Waals surface area contributed by atoms with Gasteiger partial charge in [0.15, 0.2) is 0 Å². The summed E-state index contributed by atoms with van der Waals surface area (Å²) in [5.41, 5.74) is 0.101. The summed E-state index contributed by atoms with van der Waals surface area (Å²) in [5, 5.41) is 2.88. The van der Waals surface area contributed by atoms with Gasteiger partial charge in [-0.05, 0) is 37.3 Å². The zero-order valence-corrected chi connectivity index (χ0v) is 13.2. The molecule has 1 aliphatic rings. The lowest BCUT2D eigenvalue weighted by atomic mass is 10.1. The minimum Gasteiger partial charge on any atom is -0.351 e. The van der Waals surface area contributed by atoms with Crippen molar-refractivity contribution >= 4 is 33.6 Å². The number of benzene rings is 1. The average molecular weight is 346 g/mol. The fourth-order valence-corrected chi connectivity index (χ4v) is 3.76. The van der Waals surface area contributed by atoms with E-state index in [4.69, 9.17) is 0 Å². The molecule has 19 heavy (non-hydrogen) atoms. The lowest BCUT2D eigenvalue weighted by molar-refractivity contribution is 0.0945. The van der Waals surface area contributed by atoms with Gasteiger partial charge in [-0.2, -0.15) is 11.8 Å². The van der Waals surface area contributed by atoms with Crippen LogP contribution >= 0.6 is 27.7 Å². The molecule has 0 saturated heterocycles. The number of rotatable bonds is 4. The van der Waals surface area contributed by atoms with Gasteiger partial charge in [0.1, 0.15) is 5.82 Å². The topological polar surface area (TPSA) is 29.1 Å². The van der Waals surface area contributed by atoms with Crippen molar-refractivity contribution in [3.8, 4) is 0 Å². The predicted molar refractivity (Wildman–Crippen MR) is 81.1 cm³/mol. The average Bonchev–Trinajstić information content (AvgIpc) is 2.88. The summed E-state index contributed by atoms with van der Waals surface area (Å²) in [6.07, 6.45) is 6.74. The molecule has 0 unspecified atom stereocenters. The Hall–Kier alpha value is -0.550. The van der Waals surface area contributed by atoms with Crippen molar-refractivity contribution in [3.05, 3.63) is 34.1 Å². The van der Waals surface area contributed by atoms with Crippen molar-refractivity contribution in [3.63, 3.8) is 0 Å². The van der Waals surface area contributed by atoms with E-state index in [-0.39, 0.29) is 16.2 Å². The van der Waals surface area contributed by atoms with E-state index in [1.807, 2.05) is 0 Å². The molecular formula is C14H17BrFNOS. The first-order valence-corrected chi connectivity index (χ1v) is 8.36. The Morgan fingerprint density at radius 1 is 1.47 bits per heavy atom. The van der Waals surface area contributed by atoms with Gasteiger partial charge in [0.2, 0.25) is 0 Å². The maximum absolute atomic E-state index is 13.6. The standard InChI is InChI=1S/C14H17BrFNOS/c1-19-14(6-2-3-7-14)9-17-13(18)11-8-10(15)4-5-12(11)16/h4-5,8H,2-3,6-7,9H2,1H3,(H,17,18). The van der Waals surface area contributed by atoms with Gasteiger partial charge in [-0.25, -0.2) is 4.39 Å². The van der Waals surface area contributed by atoms with Crippen molar-refractivity contribution < 1.29 is 9.18 Å². The Balaban J connectivity index is 2.03. The molecule has 1 amide bonds. The monoisotopic (exact) mass is 345 g/mol. The summed E-state index contributed by atoms with van der Waals surface area (Å²) in [5.74, 6) is -0.815. The van der Waals surface area contributed by atoms with Gasteiger partial charge in [-0.1, -0.05) is 28.8 Å². The van der Waals surface area contributed by atoms with E-state index in [2.05, 4.69) is 27.5 Å². The molecule has 104 valence electrons. The SMILES string of the molecule is CSC1(CNC(=O)c2cc(Br)ccc2F)CCCC1. The molecule has 1 N–H and O–H groups in total. The van der Waals surface area contributed by atoms with Crippen LogP contribution in [-0.2, 0) is 0 Å². The van der Waals surface area contributed by atoms with Crippen LogP contribution in [-0.4, -0.2) is 23.5 Å². The summed E-state index contributed by atoms with van der Waals surface area (Å²) in [6, 6.07) is 4.41. The predicted octanol–water partition coefficient (Wildman–Crippen LogP) is 3.99. The molecule has 0 radical (unpaired) electrons. The van der Waals surface area contributed by atoms with Crippen LogP contribution in [0.3, 0.4) is 0 Å². The first kappa shape index (κ1) is 14.9. The van der Waals surface area contributed by atoms with Gasteiger partial charge in [-0.15, -0.1) is 0 Å². The molecule has 0 aliphatic heterocycles. The third kappa shape index (κ3) is 3.51. The fourth-order valence-electron chi connectivity index (χ4n) is 2.48. The smallest absolute Gasteiger partial charge is 0.254 e. The molecular weight excluding hydrogens is 329 g/mol. The van der Waals surface area contributed by atoms with E-state index >= 15 is 0 Å². The molecule has 2 nitrogen and oxygen atoms in total. The summed E-state index contributed by atoms with van der Waals surface area (Å²) in [6.45, 7) is 0.610. The molecule has 0 atom stereocenters. The zero-order chi connectivity index (χ0) is 13.9. The van der Waals surface area contributed by atoms with Gasteiger partial charge in [0.05, 0.1) is 5.56 Å². The van der Waals surface area contributed by atoms with E-state index < -0.39 is 5.82 Å². The second kappa shape index (κ2) is 6.27. The van der Waals surface area contributed by atoms with Crippen LogP contribution in [0.2, 0.25) is 0 Å². The van der Waals surface area contributed by atoms with E-state index in [0.717, 1.165) is 12.8 Å². The largest absolute Gasteiger partial charge is 0.351 e. The van der Waals surface area contributed by atoms with Gasteiger partial charge in [0.25, 0.3) is 5.91 Å². The van der Waals surface area contributed by atoms with Crippen molar-refractivity contribution in [1.29, 1.82) is 0 Å². The number of hydrogen-bond acceptors (Lipinski definition) is 2. The van der Waals surface area contributed by atoms with Gasteiger partial charge in [-0.3, -0.25) is 4.79 Å². The van der Waals surface area contributed by atoms with Crippen LogP contribution in [0.25, 0.3) is 0 Å². The molecule has 1 fully saturated rings. The second-order valence-corrected chi connectivity index (χ2v) is 7.09. The number of carbonyl (C=O) groups is 1. The normalized spacial score (nSPS) is 17.4. The Bertz CT molecular complexity index is 475. The highest BCUT2D eigenvalue weighted by molar-refractivity contribution is 9.10. The van der Waals surface area contributed by atoms with Crippen molar-refractivity contribution in [2.24, 2.45) is 0 Å². The highest BCUT2D eigenvalue weighted by Gasteiger charge is 2.33.